The molecule has 7 heteroatoms. The maximum absolute atomic E-state index is 12.5. The van der Waals surface area contributed by atoms with Crippen molar-refractivity contribution in [3.8, 4) is 0 Å². The number of carbonyl (C=O) groups is 3. The van der Waals surface area contributed by atoms with Crippen molar-refractivity contribution in [1.29, 1.82) is 0 Å². The fraction of sp³-hybridized carbons (Fsp3) is 0.857. The van der Waals surface area contributed by atoms with Gasteiger partial charge in [-0.2, -0.15) is 0 Å². The van der Waals surface area contributed by atoms with Crippen LogP contribution in [0.25, 0.3) is 0 Å². The van der Waals surface area contributed by atoms with Crippen LogP contribution in [0, 0.1) is 0 Å². The Morgan fingerprint density at radius 2 is 1.21 bits per heavy atom. The lowest BCUT2D eigenvalue weighted by atomic mass is 10.0. The topological polar surface area (TPSA) is 119 Å². The van der Waals surface area contributed by atoms with Gasteiger partial charge in [0.25, 0.3) is 0 Å². The smallest absolute Gasteiger partial charge is 0.326 e. The quantitative estimate of drug-likeness (QED) is 0.0419. The average molecular weight is 595 g/mol. The number of rotatable bonds is 31. The van der Waals surface area contributed by atoms with Crippen LogP contribution in [-0.2, 0) is 19.1 Å². The van der Waals surface area contributed by atoms with E-state index in [0.717, 1.165) is 51.4 Å². The largest absolute Gasteiger partial charge is 0.480 e. The maximum atomic E-state index is 12.5. The SMILES string of the molecule is CCCCC/C=C\C(CCCCCCC(=O)NC(CCCN)C(=O)O)OC(=O)CCCCCCCCCCCCCC. The van der Waals surface area contributed by atoms with E-state index in [-0.39, 0.29) is 18.0 Å². The minimum Gasteiger partial charge on any atom is -0.480 e. The summed E-state index contributed by atoms with van der Waals surface area (Å²) in [5.41, 5.74) is 5.45. The third-order valence-electron chi connectivity index (χ3n) is 7.82. The van der Waals surface area contributed by atoms with Gasteiger partial charge < -0.3 is 20.9 Å². The van der Waals surface area contributed by atoms with E-state index in [1.165, 1.54) is 77.0 Å². The third-order valence-corrected chi connectivity index (χ3v) is 7.82. The monoisotopic (exact) mass is 594 g/mol. The van der Waals surface area contributed by atoms with Crippen molar-refractivity contribution in [1.82, 2.24) is 5.32 Å². The average Bonchev–Trinajstić information content (AvgIpc) is 2.97. The molecule has 0 aliphatic rings. The second-order valence-electron chi connectivity index (χ2n) is 11.9. The highest BCUT2D eigenvalue weighted by Gasteiger charge is 2.19. The number of unbranched alkanes of at least 4 members (excludes halogenated alkanes) is 17. The summed E-state index contributed by atoms with van der Waals surface area (Å²) in [6, 6.07) is -0.865. The highest BCUT2D eigenvalue weighted by Crippen LogP contribution is 2.15. The number of amides is 1. The molecule has 0 aliphatic heterocycles. The molecule has 0 rings (SSSR count). The van der Waals surface area contributed by atoms with Crippen LogP contribution in [0.5, 0.6) is 0 Å². The highest BCUT2D eigenvalue weighted by molar-refractivity contribution is 5.83. The normalized spacial score (nSPS) is 12.8. The first-order valence-electron chi connectivity index (χ1n) is 17.5. The van der Waals surface area contributed by atoms with Crippen LogP contribution in [0.15, 0.2) is 12.2 Å². The summed E-state index contributed by atoms with van der Waals surface area (Å²) in [6.45, 7) is 4.86. The molecule has 4 N–H and O–H groups in total. The molecule has 0 saturated heterocycles. The number of ether oxygens (including phenoxy) is 1. The van der Waals surface area contributed by atoms with Gasteiger partial charge in [0, 0.05) is 12.8 Å². The van der Waals surface area contributed by atoms with Gasteiger partial charge in [-0.1, -0.05) is 116 Å². The van der Waals surface area contributed by atoms with Crippen molar-refractivity contribution < 1.29 is 24.2 Å². The van der Waals surface area contributed by atoms with E-state index in [2.05, 4.69) is 31.3 Å². The molecule has 7 nitrogen and oxygen atoms in total. The Kier molecular flexibility index (Phi) is 29.2. The number of hydrogen-bond acceptors (Lipinski definition) is 5. The Morgan fingerprint density at radius 1 is 0.690 bits per heavy atom. The zero-order valence-electron chi connectivity index (χ0n) is 27.4. The summed E-state index contributed by atoms with van der Waals surface area (Å²) < 4.78 is 5.85. The third kappa shape index (κ3) is 27.0. The minimum absolute atomic E-state index is 0.0930. The van der Waals surface area contributed by atoms with E-state index in [1.807, 2.05) is 0 Å². The molecule has 2 atom stereocenters. The first-order chi connectivity index (χ1) is 20.4. The summed E-state index contributed by atoms with van der Waals surface area (Å²) >= 11 is 0. The molecule has 0 fully saturated rings. The Balaban J connectivity index is 4.19. The van der Waals surface area contributed by atoms with Gasteiger partial charge in [0.2, 0.25) is 5.91 Å². The van der Waals surface area contributed by atoms with Crippen LogP contribution >= 0.6 is 0 Å². The van der Waals surface area contributed by atoms with Crippen LogP contribution < -0.4 is 11.1 Å². The number of esters is 1. The molecular weight excluding hydrogens is 528 g/mol. The molecule has 1 amide bonds. The van der Waals surface area contributed by atoms with Crippen LogP contribution in [0.3, 0.4) is 0 Å². The van der Waals surface area contributed by atoms with E-state index < -0.39 is 12.0 Å². The van der Waals surface area contributed by atoms with Gasteiger partial charge in [0.1, 0.15) is 12.1 Å². The van der Waals surface area contributed by atoms with Gasteiger partial charge in [-0.3, -0.25) is 9.59 Å². The second-order valence-corrected chi connectivity index (χ2v) is 11.9. The predicted octanol–water partition coefficient (Wildman–Crippen LogP) is 8.77. The van der Waals surface area contributed by atoms with Gasteiger partial charge in [-0.25, -0.2) is 4.79 Å². The Bertz CT molecular complexity index is 682. The Hall–Kier alpha value is -1.89. The molecule has 0 aromatic heterocycles. The standard InChI is InChI=1S/C35H66N2O5/c1-3-5-7-9-10-11-12-13-14-15-17-23-29-34(39)42-31(25-20-16-8-6-4-2)26-21-18-19-22-28-33(38)37-32(35(40)41)27-24-30-36/h20,25,31-32H,3-19,21-24,26-30,36H2,1-2H3,(H,37,38)(H,40,41)/b25-20-. The van der Waals surface area contributed by atoms with Crippen molar-refractivity contribution in [3.63, 3.8) is 0 Å². The van der Waals surface area contributed by atoms with Gasteiger partial charge in [-0.15, -0.1) is 0 Å². The molecule has 0 aliphatic carbocycles. The molecule has 0 saturated carbocycles. The number of carbonyl (C=O) groups excluding carboxylic acids is 2. The molecule has 2 unspecified atom stereocenters. The van der Waals surface area contributed by atoms with Gasteiger partial charge in [-0.05, 0) is 64.0 Å². The number of carboxylic acids is 1. The van der Waals surface area contributed by atoms with Crippen molar-refractivity contribution >= 4 is 17.8 Å². The van der Waals surface area contributed by atoms with E-state index in [1.54, 1.807) is 0 Å². The predicted molar refractivity (Wildman–Crippen MR) is 174 cm³/mol. The lowest BCUT2D eigenvalue weighted by molar-refractivity contribution is -0.147. The van der Waals surface area contributed by atoms with E-state index >= 15 is 0 Å². The number of carboxylic acid groups (broad SMARTS) is 1. The zero-order valence-corrected chi connectivity index (χ0v) is 27.4. The van der Waals surface area contributed by atoms with Crippen molar-refractivity contribution in [2.45, 2.75) is 187 Å². The van der Waals surface area contributed by atoms with E-state index in [0.29, 0.717) is 38.6 Å². The number of nitrogens with two attached hydrogens (primary N) is 1. The van der Waals surface area contributed by atoms with Gasteiger partial charge in [0.05, 0.1) is 0 Å². The van der Waals surface area contributed by atoms with Crippen LogP contribution in [0.4, 0.5) is 0 Å². The first kappa shape index (κ1) is 40.1. The second kappa shape index (κ2) is 30.6. The van der Waals surface area contributed by atoms with E-state index in [9.17, 15) is 19.5 Å². The van der Waals surface area contributed by atoms with Crippen LogP contribution in [0.2, 0.25) is 0 Å². The molecule has 0 aromatic carbocycles. The molecular formula is C35H66N2O5. The number of nitrogens with one attached hydrogen (secondary N) is 1. The minimum atomic E-state index is -1.01. The molecule has 0 aromatic rings. The molecule has 0 spiro atoms. The summed E-state index contributed by atoms with van der Waals surface area (Å²) in [4.78, 5) is 36.0. The van der Waals surface area contributed by atoms with Crippen LogP contribution in [-0.4, -0.2) is 41.6 Å². The fourth-order valence-corrected chi connectivity index (χ4v) is 5.12. The van der Waals surface area contributed by atoms with Crippen LogP contribution in [0.1, 0.15) is 174 Å². The number of allylic oxidation sites excluding steroid dienone is 1. The Morgan fingerprint density at radius 3 is 1.79 bits per heavy atom. The summed E-state index contributed by atoms with van der Waals surface area (Å²) in [5.74, 6) is -1.33. The van der Waals surface area contributed by atoms with Crippen molar-refractivity contribution in [2.24, 2.45) is 5.73 Å². The molecule has 246 valence electrons. The van der Waals surface area contributed by atoms with Crippen molar-refractivity contribution in [2.75, 3.05) is 6.54 Å². The highest BCUT2D eigenvalue weighted by atomic mass is 16.5. The van der Waals surface area contributed by atoms with Crippen molar-refractivity contribution in [3.05, 3.63) is 12.2 Å². The summed E-state index contributed by atoms with van der Waals surface area (Å²) in [5, 5.41) is 11.8. The lowest BCUT2D eigenvalue weighted by Crippen LogP contribution is -2.40. The fourth-order valence-electron chi connectivity index (χ4n) is 5.12. The molecule has 0 radical (unpaired) electrons. The zero-order chi connectivity index (χ0) is 31.1. The number of aliphatic carboxylic acids is 1. The Labute approximate surface area is 258 Å². The first-order valence-corrected chi connectivity index (χ1v) is 17.5. The molecule has 42 heavy (non-hydrogen) atoms. The van der Waals surface area contributed by atoms with E-state index in [4.69, 9.17) is 10.5 Å². The van der Waals surface area contributed by atoms with Gasteiger partial charge in [0.15, 0.2) is 0 Å². The summed E-state index contributed by atoms with van der Waals surface area (Å²) in [7, 11) is 0. The maximum Gasteiger partial charge on any atom is 0.326 e. The number of hydrogen-bond donors (Lipinski definition) is 3. The molecule has 0 heterocycles. The summed E-state index contributed by atoms with van der Waals surface area (Å²) in [6.07, 6.45) is 29.9. The van der Waals surface area contributed by atoms with Gasteiger partial charge >= 0.3 is 11.9 Å². The lowest BCUT2D eigenvalue weighted by Gasteiger charge is -2.15. The molecule has 0 bridgehead atoms.